The Hall–Kier alpha value is -2.64. The number of aromatic amines is 1. The largest absolute Gasteiger partial charge is 0.506 e. The number of aromatic nitrogens is 3. The molecule has 4 N–H and O–H groups in total. The Bertz CT molecular complexity index is 1010. The number of hydrogen-bond donors (Lipinski definition) is 4. The number of aryl methyl sites for hydroxylation is 2. The highest BCUT2D eigenvalue weighted by molar-refractivity contribution is 5.79. The van der Waals surface area contributed by atoms with Crippen molar-refractivity contribution in [3.63, 3.8) is 0 Å². The highest BCUT2D eigenvalue weighted by atomic mass is 16.3. The van der Waals surface area contributed by atoms with E-state index in [1.54, 1.807) is 22.9 Å². The van der Waals surface area contributed by atoms with Gasteiger partial charge >= 0.3 is 5.69 Å². The van der Waals surface area contributed by atoms with Gasteiger partial charge in [-0.3, -0.25) is 9.55 Å². The molecule has 0 amide bonds. The summed E-state index contributed by atoms with van der Waals surface area (Å²) >= 11 is 0. The van der Waals surface area contributed by atoms with Gasteiger partial charge in [0, 0.05) is 30.4 Å². The zero-order valence-electron chi connectivity index (χ0n) is 15.2. The van der Waals surface area contributed by atoms with E-state index in [1.807, 2.05) is 18.2 Å². The van der Waals surface area contributed by atoms with Crippen LogP contribution in [-0.4, -0.2) is 36.8 Å². The maximum Gasteiger partial charge on any atom is 0.326 e. The average Bonchev–Trinajstić information content (AvgIpc) is 2.91. The van der Waals surface area contributed by atoms with Crippen LogP contribution in [0, 0.1) is 0 Å². The number of nitrogens with one attached hydrogen (secondary N) is 2. The van der Waals surface area contributed by atoms with E-state index in [2.05, 4.69) is 22.2 Å². The summed E-state index contributed by atoms with van der Waals surface area (Å²) in [6.45, 7) is 2.61. The van der Waals surface area contributed by atoms with Crippen LogP contribution in [0.2, 0.25) is 0 Å². The summed E-state index contributed by atoms with van der Waals surface area (Å²) in [6, 6.07) is 8.93. The van der Waals surface area contributed by atoms with Crippen LogP contribution in [0.3, 0.4) is 0 Å². The van der Waals surface area contributed by atoms with Gasteiger partial charge in [-0.25, -0.2) is 4.79 Å². The SMILES string of the molecule is CC(CCc1ncccc1O)N[C@@H]1CCn2c(=O)[nH]c3cccc(c32)[C@H]1O. The number of hydrogen-bond acceptors (Lipinski definition) is 5. The fourth-order valence-corrected chi connectivity index (χ4v) is 3.94. The van der Waals surface area contributed by atoms with E-state index in [1.165, 1.54) is 0 Å². The molecule has 0 spiro atoms. The van der Waals surface area contributed by atoms with Crippen molar-refractivity contribution >= 4 is 11.0 Å². The van der Waals surface area contributed by atoms with Crippen LogP contribution in [0.25, 0.3) is 11.0 Å². The zero-order valence-corrected chi connectivity index (χ0v) is 15.2. The van der Waals surface area contributed by atoms with Crippen LogP contribution in [0.15, 0.2) is 41.3 Å². The van der Waals surface area contributed by atoms with Gasteiger partial charge in [-0.05, 0) is 44.4 Å². The van der Waals surface area contributed by atoms with Gasteiger partial charge in [-0.2, -0.15) is 0 Å². The summed E-state index contributed by atoms with van der Waals surface area (Å²) in [5.41, 5.74) is 2.88. The van der Waals surface area contributed by atoms with Crippen molar-refractivity contribution in [1.82, 2.24) is 19.9 Å². The zero-order chi connectivity index (χ0) is 19.0. The maximum absolute atomic E-state index is 12.2. The van der Waals surface area contributed by atoms with Crippen molar-refractivity contribution in [1.29, 1.82) is 0 Å². The number of aliphatic hydroxyl groups is 1. The first-order chi connectivity index (χ1) is 13.0. The van der Waals surface area contributed by atoms with Crippen LogP contribution >= 0.6 is 0 Å². The average molecular weight is 368 g/mol. The molecule has 0 aliphatic carbocycles. The first-order valence-electron chi connectivity index (χ1n) is 9.33. The van der Waals surface area contributed by atoms with Gasteiger partial charge in [-0.15, -0.1) is 0 Å². The predicted octanol–water partition coefficient (Wildman–Crippen LogP) is 1.85. The molecule has 3 aromatic rings. The van der Waals surface area contributed by atoms with E-state index in [0.29, 0.717) is 25.1 Å². The van der Waals surface area contributed by atoms with Gasteiger partial charge in [0.05, 0.1) is 22.8 Å². The Labute approximate surface area is 156 Å². The monoisotopic (exact) mass is 368 g/mol. The lowest BCUT2D eigenvalue weighted by Gasteiger charge is -2.26. The highest BCUT2D eigenvalue weighted by Gasteiger charge is 2.29. The van der Waals surface area contributed by atoms with E-state index in [9.17, 15) is 15.0 Å². The van der Waals surface area contributed by atoms with Gasteiger partial charge in [0.1, 0.15) is 5.75 Å². The summed E-state index contributed by atoms with van der Waals surface area (Å²) in [6.07, 6.45) is 3.07. The molecule has 1 aliphatic rings. The maximum atomic E-state index is 12.2. The van der Waals surface area contributed by atoms with Gasteiger partial charge in [0.25, 0.3) is 0 Å². The number of rotatable bonds is 5. The van der Waals surface area contributed by atoms with Crippen molar-refractivity contribution in [2.45, 2.75) is 50.9 Å². The molecule has 27 heavy (non-hydrogen) atoms. The molecule has 3 heterocycles. The number of para-hydroxylation sites is 1. The fourth-order valence-electron chi connectivity index (χ4n) is 3.94. The van der Waals surface area contributed by atoms with E-state index in [4.69, 9.17) is 0 Å². The molecule has 7 nitrogen and oxygen atoms in total. The van der Waals surface area contributed by atoms with E-state index in [-0.39, 0.29) is 23.5 Å². The molecule has 142 valence electrons. The molecule has 4 rings (SSSR count). The number of benzene rings is 1. The molecule has 3 atom stereocenters. The Morgan fingerprint density at radius 3 is 3.04 bits per heavy atom. The molecule has 0 radical (unpaired) electrons. The molecular formula is C20H24N4O3. The summed E-state index contributed by atoms with van der Waals surface area (Å²) in [7, 11) is 0. The van der Waals surface area contributed by atoms with Crippen LogP contribution in [-0.2, 0) is 13.0 Å². The highest BCUT2D eigenvalue weighted by Crippen LogP contribution is 2.30. The standard InChI is InChI=1S/C20H24N4O3/c1-12(7-8-14-17(25)6-3-10-21-14)22-16-9-11-24-18-13(19(16)26)4-2-5-15(18)23-20(24)27/h2-6,10,12,16,19,22,25-26H,7-9,11H2,1H3,(H,23,27)/t12?,16-,19-/m1/s1. The minimum absolute atomic E-state index is 0.126. The molecule has 0 saturated heterocycles. The lowest BCUT2D eigenvalue weighted by Crippen LogP contribution is -2.41. The van der Waals surface area contributed by atoms with E-state index >= 15 is 0 Å². The number of pyridine rings is 1. The molecule has 7 heteroatoms. The van der Waals surface area contributed by atoms with Crippen molar-refractivity contribution in [3.05, 3.63) is 58.3 Å². The topological polar surface area (TPSA) is 103 Å². The van der Waals surface area contributed by atoms with Gasteiger partial charge < -0.3 is 20.5 Å². The lowest BCUT2D eigenvalue weighted by molar-refractivity contribution is 0.119. The van der Waals surface area contributed by atoms with Crippen molar-refractivity contribution in [2.24, 2.45) is 0 Å². The van der Waals surface area contributed by atoms with Crippen molar-refractivity contribution in [3.8, 4) is 5.75 Å². The number of H-pyrrole nitrogens is 1. The van der Waals surface area contributed by atoms with Crippen LogP contribution < -0.4 is 11.0 Å². The molecule has 0 bridgehead atoms. The Morgan fingerprint density at radius 1 is 1.37 bits per heavy atom. The third-order valence-electron chi connectivity index (χ3n) is 5.37. The van der Waals surface area contributed by atoms with Crippen LogP contribution in [0.5, 0.6) is 5.75 Å². The van der Waals surface area contributed by atoms with Gasteiger partial charge in [0.2, 0.25) is 0 Å². The second-order valence-corrected chi connectivity index (χ2v) is 7.24. The lowest BCUT2D eigenvalue weighted by atomic mass is 9.98. The fraction of sp³-hybridized carbons (Fsp3) is 0.400. The normalized spacial score (nSPS) is 20.5. The Morgan fingerprint density at radius 2 is 2.22 bits per heavy atom. The quantitative estimate of drug-likeness (QED) is 0.550. The van der Waals surface area contributed by atoms with Crippen LogP contribution in [0.4, 0.5) is 0 Å². The smallest absolute Gasteiger partial charge is 0.326 e. The summed E-state index contributed by atoms with van der Waals surface area (Å²) in [5, 5.41) is 24.3. The van der Waals surface area contributed by atoms with Gasteiger partial charge in [-0.1, -0.05) is 12.1 Å². The number of aromatic hydroxyl groups is 1. The number of aliphatic hydroxyl groups excluding tert-OH is 1. The van der Waals surface area contributed by atoms with E-state index in [0.717, 1.165) is 23.0 Å². The van der Waals surface area contributed by atoms with Crippen LogP contribution in [0.1, 0.15) is 37.1 Å². The van der Waals surface area contributed by atoms with Crippen molar-refractivity contribution in [2.75, 3.05) is 0 Å². The third-order valence-corrected chi connectivity index (χ3v) is 5.37. The molecule has 1 aromatic carbocycles. The van der Waals surface area contributed by atoms with E-state index < -0.39 is 6.10 Å². The third kappa shape index (κ3) is 3.36. The Balaban J connectivity index is 1.48. The second kappa shape index (κ2) is 7.17. The predicted molar refractivity (Wildman–Crippen MR) is 103 cm³/mol. The molecule has 1 unspecified atom stereocenters. The minimum atomic E-state index is -0.691. The number of imidazole rings is 1. The second-order valence-electron chi connectivity index (χ2n) is 7.24. The molecular weight excluding hydrogens is 344 g/mol. The minimum Gasteiger partial charge on any atom is -0.506 e. The van der Waals surface area contributed by atoms with Gasteiger partial charge in [0.15, 0.2) is 0 Å². The first-order valence-corrected chi connectivity index (χ1v) is 9.33. The summed E-state index contributed by atoms with van der Waals surface area (Å²) in [4.78, 5) is 19.3. The summed E-state index contributed by atoms with van der Waals surface area (Å²) < 4.78 is 1.71. The molecule has 2 aromatic heterocycles. The first kappa shape index (κ1) is 17.8. The molecule has 0 fully saturated rings. The number of nitrogens with zero attached hydrogens (tertiary/aromatic N) is 2. The summed E-state index contributed by atoms with van der Waals surface area (Å²) in [5.74, 6) is 0.212. The molecule has 0 saturated carbocycles. The van der Waals surface area contributed by atoms with Crippen molar-refractivity contribution < 1.29 is 10.2 Å². The molecule has 1 aliphatic heterocycles. The Kier molecular flexibility index (Phi) is 4.72.